The lowest BCUT2D eigenvalue weighted by Crippen LogP contribution is -2.28. The van der Waals surface area contributed by atoms with Crippen LogP contribution < -0.4 is 10.1 Å². The molecular weight excluding hydrogens is 324 g/mol. The second kappa shape index (κ2) is 8.90. The Labute approximate surface area is 154 Å². The van der Waals surface area contributed by atoms with Crippen molar-refractivity contribution in [1.82, 2.24) is 9.88 Å². The minimum Gasteiger partial charge on any atom is -0.497 e. The average molecular weight is 348 g/mol. The van der Waals surface area contributed by atoms with Gasteiger partial charge in [-0.3, -0.25) is 4.79 Å². The quantitative estimate of drug-likeness (QED) is 0.672. The van der Waals surface area contributed by atoms with E-state index in [2.05, 4.69) is 22.0 Å². The summed E-state index contributed by atoms with van der Waals surface area (Å²) in [5.41, 5.74) is 2.28. The van der Waals surface area contributed by atoms with Crippen LogP contribution in [0.1, 0.15) is 23.6 Å². The molecule has 134 valence electrons. The maximum absolute atomic E-state index is 12.5. The predicted octanol–water partition coefficient (Wildman–Crippen LogP) is 3.84. The van der Waals surface area contributed by atoms with Gasteiger partial charge in [-0.25, -0.2) is 0 Å². The lowest BCUT2D eigenvalue weighted by Gasteiger charge is -2.20. The molecule has 1 aromatic heterocycles. The molecule has 0 bridgehead atoms. The Morgan fingerprint density at radius 3 is 2.54 bits per heavy atom. The van der Waals surface area contributed by atoms with Gasteiger partial charge < -0.3 is 14.6 Å². The third-order valence-corrected chi connectivity index (χ3v) is 4.42. The first kappa shape index (κ1) is 17.8. The summed E-state index contributed by atoms with van der Waals surface area (Å²) in [6, 6.07) is 22.0. The Morgan fingerprint density at radius 2 is 1.81 bits per heavy atom. The minimum absolute atomic E-state index is 0.0439. The van der Waals surface area contributed by atoms with Crippen LogP contribution in [0.3, 0.4) is 0 Å². The Morgan fingerprint density at radius 1 is 1.04 bits per heavy atom. The number of aromatic nitrogens is 1. The van der Waals surface area contributed by atoms with Crippen molar-refractivity contribution < 1.29 is 9.53 Å². The van der Waals surface area contributed by atoms with E-state index in [0.717, 1.165) is 17.7 Å². The maximum atomic E-state index is 12.5. The SMILES string of the molecule is COc1cccc([C@@H](CC(=O)NCCc2ccccc2)n2cccc2)c1. The highest BCUT2D eigenvalue weighted by Crippen LogP contribution is 2.25. The third kappa shape index (κ3) is 4.76. The number of carbonyl (C=O) groups is 1. The molecule has 0 aliphatic carbocycles. The molecule has 3 aromatic rings. The number of nitrogens with zero attached hydrogens (tertiary/aromatic N) is 1. The lowest BCUT2D eigenvalue weighted by atomic mass is 10.0. The van der Waals surface area contributed by atoms with Crippen LogP contribution >= 0.6 is 0 Å². The number of ether oxygens (including phenoxy) is 1. The van der Waals surface area contributed by atoms with Crippen molar-refractivity contribution in [2.45, 2.75) is 18.9 Å². The van der Waals surface area contributed by atoms with Gasteiger partial charge >= 0.3 is 0 Å². The van der Waals surface area contributed by atoms with Crippen molar-refractivity contribution in [1.29, 1.82) is 0 Å². The molecule has 0 saturated heterocycles. The number of nitrogens with one attached hydrogen (secondary N) is 1. The van der Waals surface area contributed by atoms with E-state index in [1.54, 1.807) is 7.11 Å². The molecule has 4 heteroatoms. The molecule has 3 rings (SSSR count). The monoisotopic (exact) mass is 348 g/mol. The van der Waals surface area contributed by atoms with Crippen LogP contribution in [0.2, 0.25) is 0 Å². The van der Waals surface area contributed by atoms with Crippen LogP contribution in [0, 0.1) is 0 Å². The van der Waals surface area contributed by atoms with Crippen molar-refractivity contribution in [2.75, 3.05) is 13.7 Å². The van der Waals surface area contributed by atoms with Gasteiger partial charge in [0.25, 0.3) is 0 Å². The zero-order chi connectivity index (χ0) is 18.2. The first-order chi connectivity index (χ1) is 12.8. The fraction of sp³-hybridized carbons (Fsp3) is 0.227. The zero-order valence-electron chi connectivity index (χ0n) is 15.0. The highest BCUT2D eigenvalue weighted by molar-refractivity contribution is 5.76. The number of methoxy groups -OCH3 is 1. The van der Waals surface area contributed by atoms with Gasteiger partial charge in [-0.15, -0.1) is 0 Å². The first-order valence-corrected chi connectivity index (χ1v) is 8.83. The topological polar surface area (TPSA) is 43.3 Å². The molecule has 2 aromatic carbocycles. The smallest absolute Gasteiger partial charge is 0.222 e. The van der Waals surface area contributed by atoms with Crippen LogP contribution in [-0.4, -0.2) is 24.1 Å². The molecule has 0 spiro atoms. The maximum Gasteiger partial charge on any atom is 0.222 e. The van der Waals surface area contributed by atoms with Gasteiger partial charge in [-0.1, -0.05) is 42.5 Å². The van der Waals surface area contributed by atoms with Crippen molar-refractivity contribution in [3.63, 3.8) is 0 Å². The summed E-state index contributed by atoms with van der Waals surface area (Å²) in [6.45, 7) is 0.638. The Bertz CT molecular complexity index is 813. The van der Waals surface area contributed by atoms with Gasteiger partial charge in [0, 0.05) is 18.9 Å². The number of benzene rings is 2. The number of hydrogen-bond acceptors (Lipinski definition) is 2. The van der Waals surface area contributed by atoms with Gasteiger partial charge in [0.2, 0.25) is 5.91 Å². The van der Waals surface area contributed by atoms with Gasteiger partial charge in [0.15, 0.2) is 0 Å². The van der Waals surface area contributed by atoms with Crippen molar-refractivity contribution in [3.05, 3.63) is 90.3 Å². The molecule has 0 aliphatic heterocycles. The normalized spacial score (nSPS) is 11.7. The summed E-state index contributed by atoms with van der Waals surface area (Å²) in [7, 11) is 1.65. The first-order valence-electron chi connectivity index (χ1n) is 8.83. The number of hydrogen-bond donors (Lipinski definition) is 1. The highest BCUT2D eigenvalue weighted by atomic mass is 16.5. The summed E-state index contributed by atoms with van der Waals surface area (Å²) < 4.78 is 7.39. The Kier molecular flexibility index (Phi) is 6.09. The zero-order valence-corrected chi connectivity index (χ0v) is 15.0. The fourth-order valence-corrected chi connectivity index (χ4v) is 3.04. The number of rotatable bonds is 8. The predicted molar refractivity (Wildman–Crippen MR) is 103 cm³/mol. The summed E-state index contributed by atoms with van der Waals surface area (Å²) in [4.78, 5) is 12.5. The molecule has 4 nitrogen and oxygen atoms in total. The molecule has 0 saturated carbocycles. The van der Waals surface area contributed by atoms with Gasteiger partial charge in [0.1, 0.15) is 5.75 Å². The van der Waals surface area contributed by atoms with E-state index in [9.17, 15) is 4.79 Å². The molecule has 0 radical (unpaired) electrons. The minimum atomic E-state index is -0.0585. The third-order valence-electron chi connectivity index (χ3n) is 4.42. The van der Waals surface area contributed by atoms with Gasteiger partial charge in [-0.2, -0.15) is 0 Å². The highest BCUT2D eigenvalue weighted by Gasteiger charge is 2.17. The molecule has 1 amide bonds. The average Bonchev–Trinajstić information content (AvgIpc) is 3.21. The number of amides is 1. The van der Waals surface area contributed by atoms with Crippen LogP contribution in [0.4, 0.5) is 0 Å². The number of carbonyl (C=O) groups excluding carboxylic acids is 1. The van der Waals surface area contributed by atoms with E-state index in [1.807, 2.05) is 67.0 Å². The van der Waals surface area contributed by atoms with E-state index in [4.69, 9.17) is 4.74 Å². The van der Waals surface area contributed by atoms with E-state index in [-0.39, 0.29) is 11.9 Å². The van der Waals surface area contributed by atoms with Crippen LogP contribution in [0.15, 0.2) is 79.1 Å². The van der Waals surface area contributed by atoms with Crippen LogP contribution in [0.5, 0.6) is 5.75 Å². The standard InChI is InChI=1S/C22H24N2O2/c1-26-20-11-7-10-19(16-20)21(24-14-5-6-15-24)17-22(25)23-13-12-18-8-3-2-4-9-18/h2-11,14-16,21H,12-13,17H2,1H3,(H,23,25)/t21-/m1/s1. The van der Waals surface area contributed by atoms with E-state index in [1.165, 1.54) is 5.56 Å². The molecule has 1 N–H and O–H groups in total. The van der Waals surface area contributed by atoms with E-state index < -0.39 is 0 Å². The van der Waals surface area contributed by atoms with Gasteiger partial charge in [0.05, 0.1) is 19.6 Å². The molecule has 0 unspecified atom stereocenters. The van der Waals surface area contributed by atoms with Crippen molar-refractivity contribution in [3.8, 4) is 5.75 Å². The summed E-state index contributed by atoms with van der Waals surface area (Å²) in [6.07, 6.45) is 5.19. The lowest BCUT2D eigenvalue weighted by molar-refractivity contribution is -0.121. The molecule has 26 heavy (non-hydrogen) atoms. The Hall–Kier alpha value is -3.01. The van der Waals surface area contributed by atoms with Gasteiger partial charge in [-0.05, 0) is 41.8 Å². The second-order valence-electron chi connectivity index (χ2n) is 6.21. The summed E-state index contributed by atoms with van der Waals surface area (Å²) in [5.74, 6) is 0.839. The summed E-state index contributed by atoms with van der Waals surface area (Å²) >= 11 is 0. The van der Waals surface area contributed by atoms with E-state index in [0.29, 0.717) is 13.0 Å². The fourth-order valence-electron chi connectivity index (χ4n) is 3.04. The molecular formula is C22H24N2O2. The van der Waals surface area contributed by atoms with E-state index >= 15 is 0 Å². The molecule has 0 aliphatic rings. The molecule has 1 heterocycles. The summed E-state index contributed by atoms with van der Waals surface area (Å²) in [5, 5.41) is 3.04. The van der Waals surface area contributed by atoms with Crippen LogP contribution in [-0.2, 0) is 11.2 Å². The Balaban J connectivity index is 1.65. The molecule has 1 atom stereocenters. The van der Waals surface area contributed by atoms with Crippen LogP contribution in [0.25, 0.3) is 0 Å². The van der Waals surface area contributed by atoms with Crippen molar-refractivity contribution >= 4 is 5.91 Å². The largest absolute Gasteiger partial charge is 0.497 e. The second-order valence-corrected chi connectivity index (χ2v) is 6.21. The van der Waals surface area contributed by atoms with Crippen molar-refractivity contribution in [2.24, 2.45) is 0 Å². The molecule has 0 fully saturated rings.